The molecule has 1 saturated heterocycles. The topological polar surface area (TPSA) is 73.4 Å². The molecule has 1 amide bonds. The maximum absolute atomic E-state index is 12.8. The van der Waals surface area contributed by atoms with Gasteiger partial charge in [-0.3, -0.25) is 4.79 Å². The maximum atomic E-state index is 12.8. The molecule has 3 rings (SSSR count). The first-order chi connectivity index (χ1) is 13.0. The fourth-order valence-electron chi connectivity index (χ4n) is 2.76. The molecule has 148 valence electrons. The molecule has 2 aromatic rings. The van der Waals surface area contributed by atoms with Crippen LogP contribution in [-0.4, -0.2) is 36.4 Å². The van der Waals surface area contributed by atoms with E-state index < -0.39 is 21.9 Å². The number of nitrogens with one attached hydrogen (secondary N) is 1. The third-order valence-corrected chi connectivity index (χ3v) is 18.9. The number of aromatic nitrogens is 1. The summed E-state index contributed by atoms with van der Waals surface area (Å²) in [5.41, 5.74) is 1.29. The van der Waals surface area contributed by atoms with E-state index in [0.29, 0.717) is 29.3 Å². The number of aliphatic hydroxyl groups is 1. The summed E-state index contributed by atoms with van der Waals surface area (Å²) in [6.07, 6.45) is 1.74. The van der Waals surface area contributed by atoms with Crippen molar-refractivity contribution in [2.45, 2.75) is 25.9 Å². The van der Waals surface area contributed by atoms with E-state index in [1.165, 1.54) is 18.3 Å². The number of amides is 1. The van der Waals surface area contributed by atoms with Crippen LogP contribution in [-0.2, 0) is 11.2 Å². The number of halogens is 3. The zero-order chi connectivity index (χ0) is 19.4. The van der Waals surface area contributed by atoms with Crippen molar-refractivity contribution in [2.75, 3.05) is 15.5 Å². The van der Waals surface area contributed by atoms with Gasteiger partial charge in [0, 0.05) is 0 Å². The second kappa shape index (κ2) is 9.71. The molecule has 1 aliphatic rings. The van der Waals surface area contributed by atoms with Gasteiger partial charge in [-0.05, 0) is 0 Å². The predicted molar refractivity (Wildman–Crippen MR) is 112 cm³/mol. The van der Waals surface area contributed by atoms with Gasteiger partial charge >= 0.3 is 168 Å². The van der Waals surface area contributed by atoms with Crippen molar-refractivity contribution in [1.82, 2.24) is 9.88 Å². The van der Waals surface area contributed by atoms with E-state index in [1.54, 1.807) is 11.0 Å². The van der Waals surface area contributed by atoms with Crippen molar-refractivity contribution in [3.63, 3.8) is 0 Å². The number of H-pyrrole nitrogens is 1. The number of aromatic amines is 1. The molecule has 1 aliphatic heterocycles. The third kappa shape index (κ3) is 5.91. The van der Waals surface area contributed by atoms with Crippen molar-refractivity contribution in [3.8, 4) is 0 Å². The Hall–Kier alpha value is -0.650. The van der Waals surface area contributed by atoms with Crippen LogP contribution in [0.3, 0.4) is 0 Å². The number of carbonyl (C=O) groups is 1. The van der Waals surface area contributed by atoms with Gasteiger partial charge in [-0.15, -0.1) is 0 Å². The molecule has 0 saturated carbocycles. The predicted octanol–water partition coefficient (Wildman–Crippen LogP) is 0.194. The average molecular weight is 616 g/mol. The number of alkyl halides is 2. The zero-order valence-corrected chi connectivity index (χ0v) is 20.0. The van der Waals surface area contributed by atoms with Crippen molar-refractivity contribution in [2.24, 2.45) is 0 Å². The molecule has 1 aromatic heterocycles. The molecule has 8 heteroatoms. The summed E-state index contributed by atoms with van der Waals surface area (Å²) in [6, 6.07) is 9.06. The Bertz CT molecular complexity index is 850. The molecule has 1 unspecified atom stereocenters. The Kier molecular flexibility index (Phi) is 7.57. The molecule has 1 atom stereocenters. The Morgan fingerprint density at radius 3 is 2.78 bits per heavy atom. The van der Waals surface area contributed by atoms with Gasteiger partial charge in [0.05, 0.1) is 0 Å². The van der Waals surface area contributed by atoms with Gasteiger partial charge in [-0.1, -0.05) is 0 Å². The summed E-state index contributed by atoms with van der Waals surface area (Å²) in [7, 11) is 0. The number of pyridine rings is 1. The molecular formula is C19H22ClI2N2O3-. The quantitative estimate of drug-likeness (QED) is 0.329. The third-order valence-electron chi connectivity index (χ3n) is 4.19. The zero-order valence-electron chi connectivity index (χ0n) is 14.9. The van der Waals surface area contributed by atoms with Crippen LogP contribution < -0.4 is 22.8 Å². The summed E-state index contributed by atoms with van der Waals surface area (Å²) in [5, 5.41) is 11.3. The Labute approximate surface area is 177 Å². The average Bonchev–Trinajstić information content (AvgIpc) is 3.47. The number of carbonyl (C=O) groups excluding carboxylic acids is 1. The first-order valence-corrected chi connectivity index (χ1v) is 19.5. The summed E-state index contributed by atoms with van der Waals surface area (Å²) < 4.78 is 2.83. The summed E-state index contributed by atoms with van der Waals surface area (Å²) >= 11 is 6.07. The second-order valence-electron chi connectivity index (χ2n) is 6.28. The minimum absolute atomic E-state index is 0.0261. The number of hydrogen-bond acceptors (Lipinski definition) is 3. The second-order valence-corrected chi connectivity index (χ2v) is 25.1. The van der Waals surface area contributed by atoms with Gasteiger partial charge in [-0.25, -0.2) is 0 Å². The molecular weight excluding hydrogens is 593 g/mol. The Morgan fingerprint density at radius 2 is 2.19 bits per heavy atom. The van der Waals surface area contributed by atoms with Crippen LogP contribution in [0, 0.1) is 3.57 Å². The number of rotatable bonds is 8. The molecule has 1 fully saturated rings. The van der Waals surface area contributed by atoms with Crippen LogP contribution in [0.1, 0.15) is 30.6 Å². The molecule has 0 spiro atoms. The first kappa shape index (κ1) is 21.1. The normalized spacial score (nSPS) is 15.7. The van der Waals surface area contributed by atoms with Gasteiger partial charge in [0.2, 0.25) is 5.56 Å². The number of benzene rings is 1. The van der Waals surface area contributed by atoms with E-state index in [2.05, 4.69) is 11.1 Å². The van der Waals surface area contributed by atoms with Crippen LogP contribution in [0.25, 0.3) is 0 Å². The van der Waals surface area contributed by atoms with Crippen molar-refractivity contribution in [3.05, 3.63) is 66.6 Å². The van der Waals surface area contributed by atoms with E-state index in [0.717, 1.165) is 17.0 Å². The van der Waals surface area contributed by atoms with Crippen molar-refractivity contribution < 1.29 is 27.1 Å². The Balaban J connectivity index is 1.66. The molecule has 0 aliphatic carbocycles. The van der Waals surface area contributed by atoms with Crippen LogP contribution in [0.5, 0.6) is 0 Å². The minimum atomic E-state index is -0.839. The SMILES string of the molecule is CCCN(CC(O)c1ccc(=O)[nH]c1)C(=O)Cc1ccc(I2C[I-]2)c(Cl)c1. The molecule has 0 bridgehead atoms. The van der Waals surface area contributed by atoms with E-state index in [9.17, 15) is 14.7 Å². The summed E-state index contributed by atoms with van der Waals surface area (Å²) in [5.74, 6) is -0.0261. The van der Waals surface area contributed by atoms with E-state index in [1.807, 2.05) is 19.1 Å². The molecule has 0 radical (unpaired) electrons. The van der Waals surface area contributed by atoms with E-state index >= 15 is 0 Å². The molecule has 27 heavy (non-hydrogen) atoms. The number of hydrogen-bond donors (Lipinski definition) is 2. The van der Waals surface area contributed by atoms with E-state index in [-0.39, 0.29) is 24.4 Å². The first-order valence-electron chi connectivity index (χ1n) is 8.67. The van der Waals surface area contributed by atoms with Gasteiger partial charge in [0.15, 0.2) is 0 Å². The standard InChI is InChI=1S/C19H22ClI2N2O3/c1-2-7-24(11-17(25)14-4-6-18(26)23-10-14)19(27)9-13-3-5-16(15(20)8-13)22-12-21-22/h3-6,8,10,17,25H,2,7,9,11-12H2,1H3,(H,23,26)/q-1. The van der Waals surface area contributed by atoms with Gasteiger partial charge < -0.3 is 0 Å². The molecule has 2 heterocycles. The van der Waals surface area contributed by atoms with Crippen molar-refractivity contribution in [1.29, 1.82) is 0 Å². The summed E-state index contributed by atoms with van der Waals surface area (Å²) in [4.78, 5) is 28.2. The van der Waals surface area contributed by atoms with Crippen molar-refractivity contribution >= 4 is 33.4 Å². The monoisotopic (exact) mass is 615 g/mol. The number of aliphatic hydroxyl groups excluding tert-OH is 1. The fourth-order valence-corrected chi connectivity index (χ4v) is 18.6. The van der Waals surface area contributed by atoms with Gasteiger partial charge in [0.1, 0.15) is 0 Å². The summed E-state index contributed by atoms with van der Waals surface area (Å²) in [6.45, 7) is 2.78. The van der Waals surface area contributed by atoms with E-state index in [4.69, 9.17) is 11.6 Å². The Morgan fingerprint density at radius 1 is 1.41 bits per heavy atom. The number of nitrogens with zero attached hydrogens (tertiary/aromatic N) is 1. The van der Waals surface area contributed by atoms with Crippen LogP contribution in [0.4, 0.5) is 0 Å². The van der Waals surface area contributed by atoms with Crippen LogP contribution >= 0.6 is 27.4 Å². The van der Waals surface area contributed by atoms with Gasteiger partial charge in [-0.2, -0.15) is 0 Å². The van der Waals surface area contributed by atoms with Gasteiger partial charge in [0.25, 0.3) is 0 Å². The van der Waals surface area contributed by atoms with Crippen LogP contribution in [0.15, 0.2) is 41.3 Å². The van der Waals surface area contributed by atoms with Crippen LogP contribution in [0.2, 0.25) is 5.02 Å². The molecule has 5 nitrogen and oxygen atoms in total. The fraction of sp³-hybridized carbons (Fsp3) is 0.368. The molecule has 1 aromatic carbocycles. The molecule has 2 N–H and O–H groups in total.